The molecular formula is C10H9F3N4. The molecule has 0 aliphatic rings. The Morgan fingerprint density at radius 2 is 1.88 bits per heavy atom. The third kappa shape index (κ3) is 2.80. The van der Waals surface area contributed by atoms with E-state index in [0.29, 0.717) is 11.5 Å². The largest absolute Gasteiger partial charge is 0.435 e. The first-order chi connectivity index (χ1) is 7.95. The van der Waals surface area contributed by atoms with E-state index in [2.05, 4.69) is 20.2 Å². The van der Waals surface area contributed by atoms with Gasteiger partial charge in [-0.05, 0) is 18.6 Å². The van der Waals surface area contributed by atoms with Crippen molar-refractivity contribution < 1.29 is 13.2 Å². The van der Waals surface area contributed by atoms with Crippen LogP contribution in [0.4, 0.5) is 13.2 Å². The molecule has 17 heavy (non-hydrogen) atoms. The molecule has 0 atom stereocenters. The molecule has 0 bridgehead atoms. The quantitative estimate of drug-likeness (QED) is 0.877. The van der Waals surface area contributed by atoms with E-state index in [1.807, 2.05) is 6.92 Å². The highest BCUT2D eigenvalue weighted by molar-refractivity contribution is 5.15. The molecule has 90 valence electrons. The molecule has 0 saturated carbocycles. The molecule has 0 saturated heterocycles. The van der Waals surface area contributed by atoms with Gasteiger partial charge in [0, 0.05) is 24.5 Å². The van der Waals surface area contributed by atoms with Crippen LogP contribution in [0.5, 0.6) is 0 Å². The Hall–Kier alpha value is -1.92. The predicted octanol–water partition coefficient (Wildman–Crippen LogP) is 2.12. The summed E-state index contributed by atoms with van der Waals surface area (Å²) in [4.78, 5) is 8.01. The van der Waals surface area contributed by atoms with Crippen molar-refractivity contribution in [1.82, 2.24) is 20.2 Å². The van der Waals surface area contributed by atoms with E-state index < -0.39 is 11.9 Å². The fraction of sp³-hybridized carbons (Fsp3) is 0.300. The highest BCUT2D eigenvalue weighted by atomic mass is 19.4. The van der Waals surface area contributed by atoms with Gasteiger partial charge in [-0.1, -0.05) is 0 Å². The van der Waals surface area contributed by atoms with Crippen molar-refractivity contribution in [2.45, 2.75) is 19.5 Å². The van der Waals surface area contributed by atoms with Gasteiger partial charge in [-0.2, -0.15) is 18.3 Å². The van der Waals surface area contributed by atoms with E-state index >= 15 is 0 Å². The fourth-order valence-electron chi connectivity index (χ4n) is 1.28. The molecule has 2 rings (SSSR count). The summed E-state index contributed by atoms with van der Waals surface area (Å²) >= 11 is 0. The summed E-state index contributed by atoms with van der Waals surface area (Å²) in [6.45, 7) is 1.84. The van der Waals surface area contributed by atoms with Crippen LogP contribution < -0.4 is 0 Å². The second kappa shape index (κ2) is 4.15. The van der Waals surface area contributed by atoms with Crippen molar-refractivity contribution in [1.29, 1.82) is 0 Å². The Labute approximate surface area is 94.9 Å². The molecule has 0 spiro atoms. The Kier molecular flexibility index (Phi) is 2.83. The molecule has 2 aromatic rings. The first-order valence-corrected chi connectivity index (χ1v) is 4.84. The summed E-state index contributed by atoms with van der Waals surface area (Å²) < 4.78 is 36.8. The minimum Gasteiger partial charge on any atom is -0.282 e. The minimum absolute atomic E-state index is 0.198. The van der Waals surface area contributed by atoms with Gasteiger partial charge in [0.2, 0.25) is 0 Å². The van der Waals surface area contributed by atoms with E-state index in [1.165, 1.54) is 0 Å². The van der Waals surface area contributed by atoms with Crippen LogP contribution in [0.3, 0.4) is 0 Å². The average Bonchev–Trinajstić information content (AvgIpc) is 2.69. The van der Waals surface area contributed by atoms with E-state index in [9.17, 15) is 13.2 Å². The van der Waals surface area contributed by atoms with Gasteiger partial charge in [-0.15, -0.1) is 0 Å². The normalized spacial score (nSPS) is 11.8. The number of nitrogens with zero attached hydrogens (tertiary/aromatic N) is 3. The smallest absolute Gasteiger partial charge is 0.282 e. The Bertz CT molecular complexity index is 501. The number of hydrogen-bond acceptors (Lipinski definition) is 3. The number of aromatic nitrogens is 4. The maximum atomic E-state index is 12.3. The second-order valence-electron chi connectivity index (χ2n) is 3.63. The number of alkyl halides is 3. The van der Waals surface area contributed by atoms with Crippen molar-refractivity contribution in [2.75, 3.05) is 0 Å². The van der Waals surface area contributed by atoms with Gasteiger partial charge in [0.1, 0.15) is 5.82 Å². The Morgan fingerprint density at radius 3 is 2.41 bits per heavy atom. The standard InChI is InChI=1S/C10H9F3N4/c1-6-4-14-9(15-5-6)3-7-2-8(17-16-7)10(11,12)13/h2,4-5H,3H2,1H3,(H,16,17). The predicted molar refractivity (Wildman–Crippen MR) is 53.2 cm³/mol. The zero-order valence-electron chi connectivity index (χ0n) is 8.91. The number of nitrogens with one attached hydrogen (secondary N) is 1. The van der Waals surface area contributed by atoms with Gasteiger partial charge < -0.3 is 0 Å². The summed E-state index contributed by atoms with van der Waals surface area (Å²) in [5.74, 6) is 0.452. The molecule has 1 N–H and O–H groups in total. The average molecular weight is 242 g/mol. The van der Waals surface area contributed by atoms with E-state index in [4.69, 9.17) is 0 Å². The van der Waals surface area contributed by atoms with Gasteiger partial charge >= 0.3 is 6.18 Å². The summed E-state index contributed by atoms with van der Waals surface area (Å²) in [7, 11) is 0. The minimum atomic E-state index is -4.43. The lowest BCUT2D eigenvalue weighted by Gasteiger charge is -1.99. The van der Waals surface area contributed by atoms with Crippen LogP contribution >= 0.6 is 0 Å². The van der Waals surface area contributed by atoms with Crippen molar-refractivity contribution in [2.24, 2.45) is 0 Å². The number of rotatable bonds is 2. The van der Waals surface area contributed by atoms with Gasteiger partial charge in [0.05, 0.1) is 0 Å². The van der Waals surface area contributed by atoms with Crippen LogP contribution in [0.15, 0.2) is 18.5 Å². The van der Waals surface area contributed by atoms with Crippen molar-refractivity contribution >= 4 is 0 Å². The third-order valence-electron chi connectivity index (χ3n) is 2.10. The lowest BCUT2D eigenvalue weighted by molar-refractivity contribution is -0.141. The molecule has 0 unspecified atom stereocenters. The van der Waals surface area contributed by atoms with Crippen LogP contribution in [-0.4, -0.2) is 20.2 Å². The van der Waals surface area contributed by atoms with Crippen LogP contribution in [0.25, 0.3) is 0 Å². The van der Waals surface area contributed by atoms with Gasteiger partial charge in [0.25, 0.3) is 0 Å². The molecule has 0 aliphatic heterocycles. The molecule has 0 radical (unpaired) electrons. The fourth-order valence-corrected chi connectivity index (χ4v) is 1.28. The monoisotopic (exact) mass is 242 g/mol. The maximum absolute atomic E-state index is 12.3. The molecule has 7 heteroatoms. The van der Waals surface area contributed by atoms with Crippen molar-refractivity contribution in [3.05, 3.63) is 41.2 Å². The van der Waals surface area contributed by atoms with Gasteiger partial charge in [0.15, 0.2) is 5.69 Å². The zero-order valence-corrected chi connectivity index (χ0v) is 8.91. The highest BCUT2D eigenvalue weighted by Crippen LogP contribution is 2.27. The SMILES string of the molecule is Cc1cnc(Cc2cc(C(F)(F)F)n[nH]2)nc1. The number of aromatic amines is 1. The summed E-state index contributed by atoms with van der Waals surface area (Å²) in [6, 6.07) is 0.962. The molecule has 4 nitrogen and oxygen atoms in total. The van der Waals surface area contributed by atoms with Crippen LogP contribution in [-0.2, 0) is 12.6 Å². The second-order valence-corrected chi connectivity index (χ2v) is 3.63. The number of H-pyrrole nitrogens is 1. The first kappa shape index (κ1) is 11.6. The lowest BCUT2D eigenvalue weighted by atomic mass is 10.2. The summed E-state index contributed by atoms with van der Waals surface area (Å²) in [5, 5.41) is 5.52. The first-order valence-electron chi connectivity index (χ1n) is 4.84. The summed E-state index contributed by atoms with van der Waals surface area (Å²) in [5.41, 5.74) is 0.301. The molecule has 0 aromatic carbocycles. The topological polar surface area (TPSA) is 54.5 Å². The zero-order chi connectivity index (χ0) is 12.5. The molecule has 0 amide bonds. The Balaban J connectivity index is 2.14. The maximum Gasteiger partial charge on any atom is 0.435 e. The number of hydrogen-bond donors (Lipinski definition) is 1. The lowest BCUT2D eigenvalue weighted by Crippen LogP contribution is -2.04. The summed E-state index contributed by atoms with van der Waals surface area (Å²) in [6.07, 6.45) is -1.00. The molecule has 0 aliphatic carbocycles. The van der Waals surface area contributed by atoms with Gasteiger partial charge in [-0.25, -0.2) is 9.97 Å². The highest BCUT2D eigenvalue weighted by Gasteiger charge is 2.33. The molecule has 2 heterocycles. The Morgan fingerprint density at radius 1 is 1.24 bits per heavy atom. The third-order valence-corrected chi connectivity index (χ3v) is 2.10. The van der Waals surface area contributed by atoms with Crippen LogP contribution in [0.1, 0.15) is 22.8 Å². The number of halogens is 3. The van der Waals surface area contributed by atoms with E-state index in [1.54, 1.807) is 12.4 Å². The van der Waals surface area contributed by atoms with Crippen molar-refractivity contribution in [3.63, 3.8) is 0 Å². The number of aryl methyl sites for hydroxylation is 1. The molecule has 2 aromatic heterocycles. The van der Waals surface area contributed by atoms with E-state index in [-0.39, 0.29) is 6.42 Å². The van der Waals surface area contributed by atoms with Gasteiger partial charge in [-0.3, -0.25) is 5.10 Å². The molecular weight excluding hydrogens is 233 g/mol. The van der Waals surface area contributed by atoms with E-state index in [0.717, 1.165) is 11.6 Å². The van der Waals surface area contributed by atoms with Crippen LogP contribution in [0, 0.1) is 6.92 Å². The van der Waals surface area contributed by atoms with Crippen molar-refractivity contribution in [3.8, 4) is 0 Å². The van der Waals surface area contributed by atoms with Crippen LogP contribution in [0.2, 0.25) is 0 Å². The molecule has 0 fully saturated rings.